The molecule has 2 heterocycles. The predicted octanol–water partition coefficient (Wildman–Crippen LogP) is 3.01. The van der Waals surface area contributed by atoms with Crippen LogP contribution in [0.3, 0.4) is 0 Å². The Morgan fingerprint density at radius 3 is 2.94 bits per heavy atom. The third-order valence-electron chi connectivity index (χ3n) is 2.96. The van der Waals surface area contributed by atoms with Crippen LogP contribution in [0.1, 0.15) is 19.4 Å². The van der Waals surface area contributed by atoms with Gasteiger partial charge in [-0.2, -0.15) is 0 Å². The highest BCUT2D eigenvalue weighted by atomic mass is 35.5. The third-order valence-corrected chi connectivity index (χ3v) is 4.21. The summed E-state index contributed by atoms with van der Waals surface area (Å²) in [5.74, 6) is 0. The first-order valence-corrected chi connectivity index (χ1v) is 6.62. The summed E-state index contributed by atoms with van der Waals surface area (Å²) in [5.41, 5.74) is 1.27. The molecule has 2 nitrogen and oxygen atoms in total. The van der Waals surface area contributed by atoms with Gasteiger partial charge in [0.1, 0.15) is 0 Å². The van der Waals surface area contributed by atoms with Crippen LogP contribution in [0.15, 0.2) is 11.4 Å². The summed E-state index contributed by atoms with van der Waals surface area (Å²) in [7, 11) is 0. The van der Waals surface area contributed by atoms with Crippen LogP contribution in [0.4, 0.5) is 0 Å². The van der Waals surface area contributed by atoms with E-state index in [1.165, 1.54) is 5.56 Å². The predicted molar refractivity (Wildman–Crippen MR) is 73.9 cm³/mol. The van der Waals surface area contributed by atoms with Crippen molar-refractivity contribution in [3.63, 3.8) is 0 Å². The summed E-state index contributed by atoms with van der Waals surface area (Å²) >= 11 is 7.74. The van der Waals surface area contributed by atoms with Crippen LogP contribution < -0.4 is 5.32 Å². The van der Waals surface area contributed by atoms with Crippen molar-refractivity contribution in [1.82, 2.24) is 10.2 Å². The highest BCUT2D eigenvalue weighted by molar-refractivity contribution is 7.14. The zero-order valence-electron chi connectivity index (χ0n) is 9.57. The van der Waals surface area contributed by atoms with E-state index in [1.807, 2.05) is 0 Å². The molecule has 1 fully saturated rings. The summed E-state index contributed by atoms with van der Waals surface area (Å²) in [6.45, 7) is 7.65. The van der Waals surface area contributed by atoms with Gasteiger partial charge in [0.05, 0.1) is 4.34 Å². The Kier molecular flexibility index (Phi) is 5.54. The SMILES string of the molecule is CC1CN(Cc2ccsc2Cl)C(C)CN1.Cl. The lowest BCUT2D eigenvalue weighted by molar-refractivity contribution is 0.139. The van der Waals surface area contributed by atoms with E-state index in [-0.39, 0.29) is 12.4 Å². The summed E-state index contributed by atoms with van der Waals surface area (Å²) in [5, 5.41) is 5.55. The number of hydrogen-bond acceptors (Lipinski definition) is 3. The van der Waals surface area contributed by atoms with Gasteiger partial charge in [-0.3, -0.25) is 4.90 Å². The van der Waals surface area contributed by atoms with Crippen LogP contribution in [0.5, 0.6) is 0 Å². The molecule has 0 amide bonds. The average Bonchev–Trinajstić information content (AvgIpc) is 2.58. The molecule has 2 rings (SSSR count). The Balaban J connectivity index is 0.00000128. The Hall–Kier alpha value is 0.200. The topological polar surface area (TPSA) is 15.3 Å². The molecule has 16 heavy (non-hydrogen) atoms. The van der Waals surface area contributed by atoms with Crippen LogP contribution in [-0.4, -0.2) is 30.1 Å². The summed E-state index contributed by atoms with van der Waals surface area (Å²) in [6, 6.07) is 3.31. The number of nitrogens with zero attached hydrogens (tertiary/aromatic N) is 1. The Labute approximate surface area is 112 Å². The number of thiophene rings is 1. The number of halogens is 2. The second kappa shape index (κ2) is 6.22. The van der Waals surface area contributed by atoms with Crippen LogP contribution in [0, 0.1) is 0 Å². The van der Waals surface area contributed by atoms with E-state index < -0.39 is 0 Å². The first kappa shape index (κ1) is 14.3. The van der Waals surface area contributed by atoms with Gasteiger partial charge >= 0.3 is 0 Å². The van der Waals surface area contributed by atoms with Crippen molar-refractivity contribution in [2.45, 2.75) is 32.5 Å². The van der Waals surface area contributed by atoms with Crippen molar-refractivity contribution in [1.29, 1.82) is 0 Å². The number of nitrogens with one attached hydrogen (secondary N) is 1. The maximum atomic E-state index is 6.12. The third kappa shape index (κ3) is 3.34. The van der Waals surface area contributed by atoms with Crippen molar-refractivity contribution in [3.05, 3.63) is 21.3 Å². The normalized spacial score (nSPS) is 26.4. The molecule has 0 spiro atoms. The largest absolute Gasteiger partial charge is 0.311 e. The highest BCUT2D eigenvalue weighted by Gasteiger charge is 2.22. The minimum Gasteiger partial charge on any atom is -0.311 e. The maximum absolute atomic E-state index is 6.12. The molecule has 2 unspecified atom stereocenters. The van der Waals surface area contributed by atoms with Crippen LogP contribution in [-0.2, 0) is 6.54 Å². The molecule has 0 saturated carbocycles. The highest BCUT2D eigenvalue weighted by Crippen LogP contribution is 2.25. The van der Waals surface area contributed by atoms with Crippen LogP contribution in [0.2, 0.25) is 4.34 Å². The smallest absolute Gasteiger partial charge is 0.0973 e. The summed E-state index contributed by atoms with van der Waals surface area (Å²) < 4.78 is 0.938. The van der Waals surface area contributed by atoms with E-state index in [2.05, 4.69) is 35.5 Å². The molecule has 0 aliphatic carbocycles. The van der Waals surface area contributed by atoms with Gasteiger partial charge in [0.15, 0.2) is 0 Å². The zero-order chi connectivity index (χ0) is 10.8. The molecular weight excluding hydrogens is 263 g/mol. The molecule has 1 saturated heterocycles. The molecule has 1 aliphatic heterocycles. The summed E-state index contributed by atoms with van der Waals surface area (Å²) in [4.78, 5) is 2.50. The van der Waals surface area contributed by atoms with Crippen molar-refractivity contribution in [3.8, 4) is 0 Å². The molecule has 92 valence electrons. The Morgan fingerprint density at radius 1 is 1.56 bits per heavy atom. The van der Waals surface area contributed by atoms with Gasteiger partial charge in [0.25, 0.3) is 0 Å². The lowest BCUT2D eigenvalue weighted by atomic mass is 10.1. The van der Waals surface area contributed by atoms with E-state index in [0.717, 1.165) is 24.0 Å². The number of piperazine rings is 1. The monoisotopic (exact) mass is 280 g/mol. The van der Waals surface area contributed by atoms with Crippen molar-refractivity contribution >= 4 is 35.3 Å². The first-order valence-electron chi connectivity index (χ1n) is 5.36. The molecule has 0 bridgehead atoms. The van der Waals surface area contributed by atoms with Crippen molar-refractivity contribution in [2.75, 3.05) is 13.1 Å². The van der Waals surface area contributed by atoms with Gasteiger partial charge in [-0.15, -0.1) is 23.7 Å². The van der Waals surface area contributed by atoms with Gasteiger partial charge in [-0.25, -0.2) is 0 Å². The molecule has 2 atom stereocenters. The Morgan fingerprint density at radius 2 is 2.31 bits per heavy atom. The minimum absolute atomic E-state index is 0. The lowest BCUT2D eigenvalue weighted by Crippen LogP contribution is -2.53. The second-order valence-electron chi connectivity index (χ2n) is 4.31. The van der Waals surface area contributed by atoms with Gasteiger partial charge in [0.2, 0.25) is 0 Å². The zero-order valence-corrected chi connectivity index (χ0v) is 12.0. The van der Waals surface area contributed by atoms with E-state index >= 15 is 0 Å². The fraction of sp³-hybridized carbons (Fsp3) is 0.636. The summed E-state index contributed by atoms with van der Waals surface area (Å²) in [6.07, 6.45) is 0. The van der Waals surface area contributed by atoms with Gasteiger partial charge in [-0.05, 0) is 30.9 Å². The molecule has 1 aromatic heterocycles. The Bertz CT molecular complexity index is 330. The molecule has 0 aromatic carbocycles. The van der Waals surface area contributed by atoms with Gasteiger partial charge in [-0.1, -0.05) is 11.6 Å². The molecule has 1 N–H and O–H groups in total. The average molecular weight is 281 g/mol. The van der Waals surface area contributed by atoms with E-state index in [9.17, 15) is 0 Å². The van der Waals surface area contributed by atoms with E-state index in [0.29, 0.717) is 12.1 Å². The molecule has 5 heteroatoms. The van der Waals surface area contributed by atoms with Crippen molar-refractivity contribution < 1.29 is 0 Å². The number of rotatable bonds is 2. The van der Waals surface area contributed by atoms with E-state index in [4.69, 9.17) is 11.6 Å². The second-order valence-corrected chi connectivity index (χ2v) is 5.83. The minimum atomic E-state index is 0. The lowest BCUT2D eigenvalue weighted by Gasteiger charge is -2.37. The molecule has 1 aromatic rings. The molecule has 1 aliphatic rings. The molecular formula is C11H18Cl2N2S. The molecule has 0 radical (unpaired) electrons. The standard InChI is InChI=1S/C11H17ClN2S.ClH/c1-8-6-14(9(2)5-13-8)7-10-3-4-15-11(10)12;/h3-4,8-9,13H,5-7H2,1-2H3;1H. The quantitative estimate of drug-likeness (QED) is 0.896. The fourth-order valence-corrected chi connectivity index (χ4v) is 2.88. The van der Waals surface area contributed by atoms with Crippen molar-refractivity contribution in [2.24, 2.45) is 0 Å². The maximum Gasteiger partial charge on any atom is 0.0973 e. The van der Waals surface area contributed by atoms with Gasteiger partial charge in [0, 0.05) is 31.7 Å². The van der Waals surface area contributed by atoms with Gasteiger partial charge < -0.3 is 5.32 Å². The van der Waals surface area contributed by atoms with Crippen LogP contribution in [0.25, 0.3) is 0 Å². The van der Waals surface area contributed by atoms with E-state index in [1.54, 1.807) is 11.3 Å². The van der Waals surface area contributed by atoms with Crippen LogP contribution >= 0.6 is 35.3 Å². The first-order chi connectivity index (χ1) is 7.16. The fourth-order valence-electron chi connectivity index (χ4n) is 1.97. The number of hydrogen-bond donors (Lipinski definition) is 1.